The first-order chi connectivity index (χ1) is 8.66. The Morgan fingerprint density at radius 1 is 1.39 bits per heavy atom. The molecule has 1 aliphatic rings. The van der Waals surface area contributed by atoms with Crippen molar-refractivity contribution in [2.75, 3.05) is 6.54 Å². The first-order valence-corrected chi connectivity index (χ1v) is 7.41. The van der Waals surface area contributed by atoms with Crippen molar-refractivity contribution in [1.29, 1.82) is 0 Å². The van der Waals surface area contributed by atoms with Gasteiger partial charge in [-0.3, -0.25) is 0 Å². The molecule has 1 N–H and O–H groups in total. The van der Waals surface area contributed by atoms with Gasteiger partial charge >= 0.3 is 0 Å². The second-order valence-electron chi connectivity index (χ2n) is 5.65. The minimum atomic E-state index is 0.702. The van der Waals surface area contributed by atoms with Crippen LogP contribution in [0.5, 0.6) is 0 Å². The lowest BCUT2D eigenvalue weighted by Gasteiger charge is -2.26. The smallest absolute Gasteiger partial charge is 0.128 e. The topological polar surface area (TPSA) is 29.9 Å². The fourth-order valence-corrected chi connectivity index (χ4v) is 2.86. The van der Waals surface area contributed by atoms with Crippen LogP contribution >= 0.6 is 11.6 Å². The van der Waals surface area contributed by atoms with Gasteiger partial charge in [-0.05, 0) is 24.8 Å². The largest absolute Gasteiger partial charge is 0.321 e. The van der Waals surface area contributed by atoms with Gasteiger partial charge in [0.15, 0.2) is 0 Å². The van der Waals surface area contributed by atoms with Crippen LogP contribution in [0.2, 0.25) is 5.15 Å². The van der Waals surface area contributed by atoms with Crippen LogP contribution < -0.4 is 5.32 Å². The van der Waals surface area contributed by atoms with Gasteiger partial charge in [0.2, 0.25) is 0 Å². The van der Waals surface area contributed by atoms with Crippen LogP contribution in [0, 0.1) is 11.8 Å². The molecule has 18 heavy (non-hydrogen) atoms. The van der Waals surface area contributed by atoms with Gasteiger partial charge in [0, 0.05) is 7.05 Å². The molecule has 3 nitrogen and oxygen atoms in total. The van der Waals surface area contributed by atoms with E-state index in [1.807, 2.05) is 11.6 Å². The molecule has 1 aromatic rings. The van der Waals surface area contributed by atoms with E-state index in [1.54, 1.807) is 6.20 Å². The lowest BCUT2D eigenvalue weighted by Crippen LogP contribution is -2.21. The van der Waals surface area contributed by atoms with Crippen LogP contribution in [0.3, 0.4) is 0 Å². The second kappa shape index (κ2) is 6.58. The molecule has 0 aromatic carbocycles. The van der Waals surface area contributed by atoms with E-state index in [0.29, 0.717) is 5.15 Å². The number of rotatable bonds is 5. The number of nitrogens with one attached hydrogen (secondary N) is 1. The van der Waals surface area contributed by atoms with Gasteiger partial charge in [-0.1, -0.05) is 44.2 Å². The summed E-state index contributed by atoms with van der Waals surface area (Å²) >= 11 is 5.95. The Morgan fingerprint density at radius 2 is 2.11 bits per heavy atom. The molecule has 0 bridgehead atoms. The van der Waals surface area contributed by atoms with E-state index in [0.717, 1.165) is 30.7 Å². The van der Waals surface area contributed by atoms with Gasteiger partial charge in [0.1, 0.15) is 11.0 Å². The Morgan fingerprint density at radius 3 is 2.72 bits per heavy atom. The number of aromatic nitrogens is 2. The van der Waals surface area contributed by atoms with E-state index < -0.39 is 0 Å². The maximum atomic E-state index is 5.95. The van der Waals surface area contributed by atoms with Crippen molar-refractivity contribution in [2.24, 2.45) is 18.9 Å². The highest BCUT2D eigenvalue weighted by atomic mass is 35.5. The number of halogens is 1. The average Bonchev–Trinajstić information content (AvgIpc) is 2.68. The van der Waals surface area contributed by atoms with Gasteiger partial charge in [0.05, 0.1) is 12.7 Å². The average molecular weight is 270 g/mol. The van der Waals surface area contributed by atoms with E-state index >= 15 is 0 Å². The van der Waals surface area contributed by atoms with E-state index in [9.17, 15) is 0 Å². The highest BCUT2D eigenvalue weighted by molar-refractivity contribution is 6.29. The second-order valence-corrected chi connectivity index (χ2v) is 6.03. The lowest BCUT2D eigenvalue weighted by molar-refractivity contribution is 0.275. The monoisotopic (exact) mass is 269 g/mol. The lowest BCUT2D eigenvalue weighted by atomic mass is 9.81. The summed E-state index contributed by atoms with van der Waals surface area (Å²) in [4.78, 5) is 4.28. The molecular formula is C14H24ClN3. The van der Waals surface area contributed by atoms with Crippen molar-refractivity contribution in [3.05, 3.63) is 17.2 Å². The van der Waals surface area contributed by atoms with Crippen molar-refractivity contribution in [3.8, 4) is 0 Å². The molecule has 4 heteroatoms. The summed E-state index contributed by atoms with van der Waals surface area (Å²) in [6.07, 6.45) is 8.67. The molecular weight excluding hydrogens is 246 g/mol. The minimum absolute atomic E-state index is 0.702. The quantitative estimate of drug-likeness (QED) is 0.831. The minimum Gasteiger partial charge on any atom is -0.321 e. The first kappa shape index (κ1) is 13.9. The van der Waals surface area contributed by atoms with Gasteiger partial charge in [-0.15, -0.1) is 0 Å². The summed E-state index contributed by atoms with van der Waals surface area (Å²) in [6.45, 7) is 4.27. The summed E-state index contributed by atoms with van der Waals surface area (Å²) in [5.41, 5.74) is 0. The third kappa shape index (κ3) is 3.72. The van der Waals surface area contributed by atoms with Crippen LogP contribution in [0.25, 0.3) is 0 Å². The van der Waals surface area contributed by atoms with E-state index in [1.165, 1.54) is 32.1 Å². The molecule has 0 radical (unpaired) electrons. The maximum Gasteiger partial charge on any atom is 0.128 e. The molecule has 0 atom stereocenters. The highest BCUT2D eigenvalue weighted by Crippen LogP contribution is 2.29. The Bertz CT molecular complexity index is 367. The molecule has 0 spiro atoms. The normalized spacial score (nSPS) is 24.4. The Hall–Kier alpha value is -0.540. The van der Waals surface area contributed by atoms with Gasteiger partial charge < -0.3 is 9.88 Å². The summed E-state index contributed by atoms with van der Waals surface area (Å²) < 4.78 is 1.93. The van der Waals surface area contributed by atoms with Crippen molar-refractivity contribution in [3.63, 3.8) is 0 Å². The summed E-state index contributed by atoms with van der Waals surface area (Å²) in [7, 11) is 1.95. The van der Waals surface area contributed by atoms with Gasteiger partial charge in [-0.2, -0.15) is 0 Å². The van der Waals surface area contributed by atoms with Gasteiger partial charge in [-0.25, -0.2) is 4.98 Å². The zero-order valence-corrected chi connectivity index (χ0v) is 12.2. The SMILES string of the molecule is CC1CCC(CCNCc2ncc(Cl)n2C)CC1. The number of hydrogen-bond acceptors (Lipinski definition) is 2. The highest BCUT2D eigenvalue weighted by Gasteiger charge is 2.17. The van der Waals surface area contributed by atoms with E-state index in [4.69, 9.17) is 11.6 Å². The predicted molar refractivity (Wildman–Crippen MR) is 75.7 cm³/mol. The molecule has 0 amide bonds. The fourth-order valence-electron chi connectivity index (χ4n) is 2.71. The molecule has 2 rings (SSSR count). The number of nitrogens with zero attached hydrogens (tertiary/aromatic N) is 2. The third-order valence-corrected chi connectivity index (χ3v) is 4.53. The summed E-state index contributed by atoms with van der Waals surface area (Å²) in [5.74, 6) is 2.89. The molecule has 0 unspecified atom stereocenters. The van der Waals surface area contributed by atoms with Crippen molar-refractivity contribution in [2.45, 2.75) is 45.6 Å². The van der Waals surface area contributed by atoms with E-state index in [2.05, 4.69) is 17.2 Å². The molecule has 1 heterocycles. The zero-order chi connectivity index (χ0) is 13.0. The summed E-state index contributed by atoms with van der Waals surface area (Å²) in [6, 6.07) is 0. The molecule has 102 valence electrons. The predicted octanol–water partition coefficient (Wildman–Crippen LogP) is 3.38. The maximum absolute atomic E-state index is 5.95. The molecule has 1 saturated carbocycles. The number of hydrogen-bond donors (Lipinski definition) is 1. The van der Waals surface area contributed by atoms with Crippen LogP contribution in [0.1, 0.15) is 44.9 Å². The fraction of sp³-hybridized carbons (Fsp3) is 0.786. The van der Waals surface area contributed by atoms with Crippen LogP contribution in [0.15, 0.2) is 6.20 Å². The molecule has 0 aliphatic heterocycles. The summed E-state index contributed by atoms with van der Waals surface area (Å²) in [5, 5.41) is 4.17. The molecule has 1 aromatic heterocycles. The molecule has 1 fully saturated rings. The molecule has 1 aliphatic carbocycles. The standard InChI is InChI=1S/C14H24ClN3/c1-11-3-5-12(6-4-11)7-8-16-10-14-17-9-13(15)18(14)2/h9,11-12,16H,3-8,10H2,1-2H3. The molecule has 0 saturated heterocycles. The van der Waals surface area contributed by atoms with Crippen LogP contribution in [-0.4, -0.2) is 16.1 Å². The van der Waals surface area contributed by atoms with Crippen LogP contribution in [-0.2, 0) is 13.6 Å². The third-order valence-electron chi connectivity index (χ3n) is 4.18. The Balaban J connectivity index is 1.63. The van der Waals surface area contributed by atoms with Crippen molar-refractivity contribution in [1.82, 2.24) is 14.9 Å². The van der Waals surface area contributed by atoms with Crippen molar-refractivity contribution < 1.29 is 0 Å². The first-order valence-electron chi connectivity index (χ1n) is 7.03. The van der Waals surface area contributed by atoms with E-state index in [-0.39, 0.29) is 0 Å². The number of imidazole rings is 1. The zero-order valence-electron chi connectivity index (χ0n) is 11.5. The van der Waals surface area contributed by atoms with Crippen LogP contribution in [0.4, 0.5) is 0 Å². The Kier molecular flexibility index (Phi) is 5.07. The van der Waals surface area contributed by atoms with Gasteiger partial charge in [0.25, 0.3) is 0 Å². The van der Waals surface area contributed by atoms with Crippen molar-refractivity contribution >= 4 is 11.6 Å². The Labute approximate surface area is 115 Å².